The van der Waals surface area contributed by atoms with Crippen molar-refractivity contribution in [3.63, 3.8) is 0 Å². The van der Waals surface area contributed by atoms with E-state index in [0.29, 0.717) is 0 Å². The molecular weight excluding hydrogens is 379 g/mol. The number of carbonyl (C=O) groups excluding carboxylic acids is 1. The average Bonchev–Trinajstić information content (AvgIpc) is 3.01. The van der Waals surface area contributed by atoms with Crippen molar-refractivity contribution >= 4 is 33.0 Å². The van der Waals surface area contributed by atoms with Gasteiger partial charge < -0.3 is 9.90 Å². The van der Waals surface area contributed by atoms with Crippen LogP contribution in [0.2, 0.25) is 0 Å². The number of nitrogens with one attached hydrogen (secondary N) is 1. The molecule has 9 heteroatoms. The van der Waals surface area contributed by atoms with Gasteiger partial charge in [-0.05, 0) is 37.3 Å². The summed E-state index contributed by atoms with van der Waals surface area (Å²) in [5.74, 6) is -2.86. The minimum Gasteiger partial charge on any atom is -0.545 e. The number of carbonyl (C=O) groups is 1. The Morgan fingerprint density at radius 2 is 2.00 bits per heavy atom. The van der Waals surface area contributed by atoms with Gasteiger partial charge in [0.2, 0.25) is 0 Å². The van der Waals surface area contributed by atoms with Gasteiger partial charge in [0.1, 0.15) is 5.82 Å². The van der Waals surface area contributed by atoms with Crippen LogP contribution in [-0.4, -0.2) is 19.4 Å². The number of aromatic nitrogens is 1. The van der Waals surface area contributed by atoms with Gasteiger partial charge >= 0.3 is 0 Å². The van der Waals surface area contributed by atoms with Gasteiger partial charge in [0.15, 0.2) is 0 Å². The molecule has 2 aromatic carbocycles. The van der Waals surface area contributed by atoms with Crippen molar-refractivity contribution in [2.45, 2.75) is 11.8 Å². The molecule has 1 N–H and O–H groups in total. The summed E-state index contributed by atoms with van der Waals surface area (Å²) < 4.78 is 40.7. The lowest BCUT2D eigenvalue weighted by atomic mass is 10.1. The summed E-state index contributed by atoms with van der Waals surface area (Å²) in [6, 6.07) is 9.09. The van der Waals surface area contributed by atoms with E-state index in [0.717, 1.165) is 34.5 Å². The lowest BCUT2D eigenvalue weighted by Gasteiger charge is -2.11. The van der Waals surface area contributed by atoms with Crippen molar-refractivity contribution in [1.29, 1.82) is 0 Å². The number of nitrogens with zero attached hydrogens (tertiary/aromatic N) is 1. The van der Waals surface area contributed by atoms with Gasteiger partial charge in [-0.2, -0.15) is 0 Å². The summed E-state index contributed by atoms with van der Waals surface area (Å²) in [5, 5.41) is 13.6. The van der Waals surface area contributed by atoms with Gasteiger partial charge in [-0.3, -0.25) is 4.72 Å². The van der Waals surface area contributed by atoms with Crippen LogP contribution >= 0.6 is 11.3 Å². The second-order valence-corrected chi connectivity index (χ2v) is 8.11. The van der Waals surface area contributed by atoms with Gasteiger partial charge in [0.25, 0.3) is 10.0 Å². The maximum atomic E-state index is 13.4. The van der Waals surface area contributed by atoms with Crippen LogP contribution in [0.3, 0.4) is 0 Å². The van der Waals surface area contributed by atoms with E-state index in [2.05, 4.69) is 9.71 Å². The molecule has 0 radical (unpaired) electrons. The zero-order chi connectivity index (χ0) is 18.9. The van der Waals surface area contributed by atoms with Crippen LogP contribution in [0.15, 0.2) is 52.7 Å². The highest BCUT2D eigenvalue weighted by Gasteiger charge is 2.17. The SMILES string of the molecule is Cc1nc(-c2cccc(NS(=O)(=O)c3ccc(F)c(C(=O)[O-])c3)c2)cs1. The van der Waals surface area contributed by atoms with E-state index < -0.39 is 27.4 Å². The molecule has 3 rings (SSSR count). The molecule has 6 nitrogen and oxygen atoms in total. The second kappa shape index (κ2) is 6.85. The number of hydrogen-bond acceptors (Lipinski definition) is 6. The number of aryl methyl sites for hydroxylation is 1. The average molecular weight is 391 g/mol. The van der Waals surface area contributed by atoms with Crippen LogP contribution in [0.5, 0.6) is 0 Å². The fourth-order valence-corrected chi connectivity index (χ4v) is 3.98. The van der Waals surface area contributed by atoms with Crippen LogP contribution in [0.4, 0.5) is 10.1 Å². The highest BCUT2D eigenvalue weighted by molar-refractivity contribution is 7.92. The van der Waals surface area contributed by atoms with Crippen LogP contribution in [0.1, 0.15) is 15.4 Å². The minimum absolute atomic E-state index is 0.271. The molecule has 0 saturated carbocycles. The first-order valence-electron chi connectivity index (χ1n) is 7.32. The first-order chi connectivity index (χ1) is 12.3. The Bertz CT molecular complexity index is 1090. The summed E-state index contributed by atoms with van der Waals surface area (Å²) in [6.45, 7) is 1.87. The molecule has 1 heterocycles. The Morgan fingerprint density at radius 3 is 2.65 bits per heavy atom. The molecule has 134 valence electrons. The molecule has 0 amide bonds. The smallest absolute Gasteiger partial charge is 0.261 e. The third-order valence-corrected chi connectivity index (χ3v) is 5.65. The number of thiazole rings is 1. The maximum absolute atomic E-state index is 13.4. The van der Waals surface area contributed by atoms with Gasteiger partial charge in [0.05, 0.1) is 21.6 Å². The zero-order valence-corrected chi connectivity index (χ0v) is 15.0. The second-order valence-electron chi connectivity index (χ2n) is 5.37. The van der Waals surface area contributed by atoms with E-state index in [4.69, 9.17) is 0 Å². The predicted molar refractivity (Wildman–Crippen MR) is 93.8 cm³/mol. The lowest BCUT2D eigenvalue weighted by molar-refractivity contribution is -0.255. The Labute approximate surface area is 153 Å². The molecule has 0 unspecified atom stereocenters. The van der Waals surface area contributed by atoms with E-state index >= 15 is 0 Å². The van der Waals surface area contributed by atoms with Crippen molar-refractivity contribution in [2.75, 3.05) is 4.72 Å². The number of sulfonamides is 1. The van der Waals surface area contributed by atoms with Crippen LogP contribution < -0.4 is 9.83 Å². The Hall–Kier alpha value is -2.78. The normalized spacial score (nSPS) is 11.3. The predicted octanol–water partition coefficient (Wildman–Crippen LogP) is 2.42. The van der Waals surface area contributed by atoms with Gasteiger partial charge in [-0.25, -0.2) is 17.8 Å². The molecule has 1 aromatic heterocycles. The van der Waals surface area contributed by atoms with Crippen LogP contribution in [0.25, 0.3) is 11.3 Å². The highest BCUT2D eigenvalue weighted by Crippen LogP contribution is 2.26. The molecule has 0 bridgehead atoms. The molecule has 0 aliphatic heterocycles. The monoisotopic (exact) mass is 391 g/mol. The van der Waals surface area contributed by atoms with E-state index in [-0.39, 0.29) is 10.6 Å². The molecular formula is C17H12FN2O4S2-. The lowest BCUT2D eigenvalue weighted by Crippen LogP contribution is -2.24. The Balaban J connectivity index is 1.93. The van der Waals surface area contributed by atoms with Crippen molar-refractivity contribution in [3.8, 4) is 11.3 Å². The number of carboxylic acid groups (broad SMARTS) is 1. The van der Waals surface area contributed by atoms with Crippen molar-refractivity contribution < 1.29 is 22.7 Å². The van der Waals surface area contributed by atoms with E-state index in [1.54, 1.807) is 24.3 Å². The van der Waals surface area contributed by atoms with E-state index in [9.17, 15) is 22.7 Å². The fourth-order valence-electron chi connectivity index (χ4n) is 2.28. The Kier molecular flexibility index (Phi) is 4.75. The number of aromatic carboxylic acids is 1. The van der Waals surface area contributed by atoms with Gasteiger partial charge in [-0.15, -0.1) is 11.3 Å². The summed E-state index contributed by atoms with van der Waals surface area (Å²) in [4.78, 5) is 14.9. The summed E-state index contributed by atoms with van der Waals surface area (Å²) in [7, 11) is -4.11. The molecule has 0 fully saturated rings. The number of benzene rings is 2. The first-order valence-corrected chi connectivity index (χ1v) is 9.69. The quantitative estimate of drug-likeness (QED) is 0.720. The first kappa shape index (κ1) is 18.0. The molecule has 0 aliphatic carbocycles. The van der Waals surface area contributed by atoms with Crippen LogP contribution in [0, 0.1) is 12.7 Å². The minimum atomic E-state index is -4.11. The van der Waals surface area contributed by atoms with Crippen molar-refractivity contribution in [3.05, 3.63) is 64.2 Å². The standard InChI is InChI=1S/C17H13FN2O4S2/c1-10-19-16(9-25-10)11-3-2-4-12(7-11)20-26(23,24)13-5-6-15(18)14(8-13)17(21)22/h2-9,20H,1H3,(H,21,22)/p-1. The number of hydrogen-bond donors (Lipinski definition) is 1. The number of rotatable bonds is 5. The largest absolute Gasteiger partial charge is 0.545 e. The molecule has 3 aromatic rings. The summed E-state index contributed by atoms with van der Waals surface area (Å²) >= 11 is 1.47. The topological polar surface area (TPSA) is 99.2 Å². The van der Waals surface area contributed by atoms with Crippen molar-refractivity contribution in [1.82, 2.24) is 4.98 Å². The van der Waals surface area contributed by atoms with Crippen LogP contribution in [-0.2, 0) is 10.0 Å². The third kappa shape index (κ3) is 3.73. The van der Waals surface area contributed by atoms with E-state index in [1.165, 1.54) is 11.3 Å². The Morgan fingerprint density at radius 1 is 1.23 bits per heavy atom. The number of carboxylic acids is 1. The maximum Gasteiger partial charge on any atom is 0.261 e. The molecule has 0 saturated heterocycles. The van der Waals surface area contributed by atoms with Crippen molar-refractivity contribution in [2.24, 2.45) is 0 Å². The fraction of sp³-hybridized carbons (Fsp3) is 0.0588. The highest BCUT2D eigenvalue weighted by atomic mass is 32.2. The number of halogens is 1. The summed E-state index contributed by atoms with van der Waals surface area (Å²) in [6.07, 6.45) is 0. The molecule has 26 heavy (non-hydrogen) atoms. The zero-order valence-electron chi connectivity index (χ0n) is 13.4. The van der Waals surface area contributed by atoms with Gasteiger partial charge in [0, 0.05) is 22.2 Å². The molecule has 0 spiro atoms. The summed E-state index contributed by atoms with van der Waals surface area (Å²) in [5.41, 5.74) is 0.894. The third-order valence-electron chi connectivity index (χ3n) is 3.50. The molecule has 0 aliphatic rings. The number of anilines is 1. The molecule has 0 atom stereocenters. The van der Waals surface area contributed by atoms with Gasteiger partial charge in [-0.1, -0.05) is 12.1 Å². The van der Waals surface area contributed by atoms with E-state index in [1.807, 2.05) is 12.3 Å².